The molecule has 0 bridgehead atoms. The van der Waals surface area contributed by atoms with E-state index in [4.69, 9.17) is 9.47 Å². The van der Waals surface area contributed by atoms with Gasteiger partial charge >= 0.3 is 0 Å². The molecule has 1 atom stereocenters. The van der Waals surface area contributed by atoms with Crippen LogP contribution < -0.4 is 14.8 Å². The summed E-state index contributed by atoms with van der Waals surface area (Å²) in [6.45, 7) is 6.62. The van der Waals surface area contributed by atoms with Crippen molar-refractivity contribution in [3.63, 3.8) is 0 Å². The van der Waals surface area contributed by atoms with Gasteiger partial charge in [0, 0.05) is 12.1 Å². The summed E-state index contributed by atoms with van der Waals surface area (Å²) >= 11 is 0. The Labute approximate surface area is 155 Å². The second kappa shape index (κ2) is 9.82. The summed E-state index contributed by atoms with van der Waals surface area (Å²) in [4.78, 5) is 14.8. The van der Waals surface area contributed by atoms with Crippen molar-refractivity contribution in [3.05, 3.63) is 59.7 Å². The zero-order valence-electron chi connectivity index (χ0n) is 16.0. The number of amides is 1. The highest BCUT2D eigenvalue weighted by Gasteiger charge is 2.19. The molecule has 0 radical (unpaired) electrons. The van der Waals surface area contributed by atoms with Crippen molar-refractivity contribution in [1.82, 2.24) is 10.2 Å². The smallest absolute Gasteiger partial charge is 0.251 e. The van der Waals surface area contributed by atoms with Crippen LogP contribution in [0.3, 0.4) is 0 Å². The minimum atomic E-state index is -0.0849. The highest BCUT2D eigenvalue weighted by molar-refractivity contribution is 5.94. The molecule has 0 spiro atoms. The van der Waals surface area contributed by atoms with Crippen LogP contribution in [0.15, 0.2) is 48.5 Å². The number of hydrogen-bond donors (Lipinski definition) is 1. The molecule has 140 valence electrons. The molecule has 2 rings (SSSR count). The van der Waals surface area contributed by atoms with Crippen LogP contribution in [0.4, 0.5) is 0 Å². The van der Waals surface area contributed by atoms with Gasteiger partial charge in [0.1, 0.15) is 11.5 Å². The number of likely N-dealkylation sites (N-methyl/N-ethyl adjacent to an activating group) is 1. The monoisotopic (exact) mass is 356 g/mol. The molecule has 0 aromatic heterocycles. The Morgan fingerprint density at radius 3 is 1.88 bits per heavy atom. The van der Waals surface area contributed by atoms with Gasteiger partial charge in [-0.3, -0.25) is 9.69 Å². The number of benzene rings is 2. The molecule has 0 aliphatic heterocycles. The topological polar surface area (TPSA) is 50.8 Å². The van der Waals surface area contributed by atoms with E-state index >= 15 is 0 Å². The van der Waals surface area contributed by atoms with Crippen LogP contribution in [0, 0.1) is 0 Å². The van der Waals surface area contributed by atoms with E-state index in [0.717, 1.165) is 30.2 Å². The maximum atomic E-state index is 12.5. The second-order valence-corrected chi connectivity index (χ2v) is 5.95. The average molecular weight is 356 g/mol. The highest BCUT2D eigenvalue weighted by Crippen LogP contribution is 2.23. The van der Waals surface area contributed by atoms with E-state index < -0.39 is 0 Å². The van der Waals surface area contributed by atoms with Crippen LogP contribution in [0.1, 0.15) is 35.8 Å². The van der Waals surface area contributed by atoms with Crippen molar-refractivity contribution in [2.24, 2.45) is 0 Å². The minimum Gasteiger partial charge on any atom is -0.497 e. The third-order valence-corrected chi connectivity index (χ3v) is 4.56. The lowest BCUT2D eigenvalue weighted by atomic mass is 10.0. The maximum absolute atomic E-state index is 12.5. The van der Waals surface area contributed by atoms with Gasteiger partial charge in [0.15, 0.2) is 0 Å². The Hall–Kier alpha value is -2.53. The van der Waals surface area contributed by atoms with Crippen molar-refractivity contribution in [2.45, 2.75) is 19.9 Å². The Kier molecular flexibility index (Phi) is 7.48. The molecule has 0 saturated carbocycles. The van der Waals surface area contributed by atoms with Gasteiger partial charge in [-0.25, -0.2) is 0 Å². The van der Waals surface area contributed by atoms with E-state index in [1.807, 2.05) is 12.1 Å². The number of carbonyl (C=O) groups excluding carboxylic acids is 1. The first kappa shape index (κ1) is 19.8. The molecule has 2 aromatic carbocycles. The molecule has 1 unspecified atom stereocenters. The van der Waals surface area contributed by atoms with E-state index in [0.29, 0.717) is 12.1 Å². The molecular weight excluding hydrogens is 328 g/mol. The van der Waals surface area contributed by atoms with Gasteiger partial charge < -0.3 is 14.8 Å². The van der Waals surface area contributed by atoms with E-state index in [2.05, 4.69) is 36.2 Å². The summed E-state index contributed by atoms with van der Waals surface area (Å²) in [7, 11) is 3.27. The van der Waals surface area contributed by atoms with E-state index in [1.165, 1.54) is 0 Å². The quantitative estimate of drug-likeness (QED) is 0.747. The van der Waals surface area contributed by atoms with Gasteiger partial charge in [-0.05, 0) is 55.1 Å². The third-order valence-electron chi connectivity index (χ3n) is 4.56. The molecule has 0 heterocycles. The first-order valence-electron chi connectivity index (χ1n) is 8.93. The van der Waals surface area contributed by atoms with Gasteiger partial charge in [-0.15, -0.1) is 0 Å². The first-order chi connectivity index (χ1) is 12.6. The fourth-order valence-electron chi connectivity index (χ4n) is 2.98. The lowest BCUT2D eigenvalue weighted by Crippen LogP contribution is -2.38. The van der Waals surface area contributed by atoms with Crippen molar-refractivity contribution in [2.75, 3.05) is 33.9 Å². The Morgan fingerprint density at radius 2 is 1.42 bits per heavy atom. The standard InChI is InChI=1S/C21H28N2O3/c1-5-23(6-2)20(16-7-11-18(25-3)12-8-16)15-22-21(24)17-9-13-19(26-4)14-10-17/h7-14,20H,5-6,15H2,1-4H3,(H,22,24). The van der Waals surface area contributed by atoms with Crippen molar-refractivity contribution in [3.8, 4) is 11.5 Å². The molecule has 0 fully saturated rings. The van der Waals surface area contributed by atoms with E-state index in [9.17, 15) is 4.79 Å². The normalized spacial score (nSPS) is 11.9. The molecule has 1 amide bonds. The summed E-state index contributed by atoms with van der Waals surface area (Å²) < 4.78 is 10.4. The molecule has 5 heteroatoms. The zero-order valence-corrected chi connectivity index (χ0v) is 16.0. The predicted octanol–water partition coefficient (Wildman–Crippen LogP) is 3.52. The first-order valence-corrected chi connectivity index (χ1v) is 8.93. The van der Waals surface area contributed by atoms with Crippen molar-refractivity contribution in [1.29, 1.82) is 0 Å². The largest absolute Gasteiger partial charge is 0.497 e. The molecule has 5 nitrogen and oxygen atoms in total. The number of ether oxygens (including phenoxy) is 2. The molecule has 2 aromatic rings. The number of hydrogen-bond acceptors (Lipinski definition) is 4. The SMILES string of the molecule is CCN(CC)C(CNC(=O)c1ccc(OC)cc1)c1ccc(OC)cc1. The Bertz CT molecular complexity index is 679. The summed E-state index contributed by atoms with van der Waals surface area (Å²) in [5, 5.41) is 3.06. The number of nitrogens with zero attached hydrogens (tertiary/aromatic N) is 1. The van der Waals surface area contributed by atoms with Gasteiger partial charge in [0.2, 0.25) is 0 Å². The summed E-state index contributed by atoms with van der Waals surface area (Å²) in [5.74, 6) is 1.48. The van der Waals surface area contributed by atoms with Crippen LogP contribution in [0.5, 0.6) is 11.5 Å². The summed E-state index contributed by atoms with van der Waals surface area (Å²) in [6, 6.07) is 15.3. The molecular formula is C21H28N2O3. The molecule has 0 aliphatic carbocycles. The van der Waals surface area contributed by atoms with Crippen LogP contribution in [0.2, 0.25) is 0 Å². The minimum absolute atomic E-state index is 0.0849. The van der Waals surface area contributed by atoms with Gasteiger partial charge in [0.25, 0.3) is 5.91 Å². The van der Waals surface area contributed by atoms with Crippen LogP contribution >= 0.6 is 0 Å². The lowest BCUT2D eigenvalue weighted by Gasteiger charge is -2.30. The molecule has 26 heavy (non-hydrogen) atoms. The Balaban J connectivity index is 2.11. The second-order valence-electron chi connectivity index (χ2n) is 5.95. The van der Waals surface area contributed by atoms with Crippen LogP contribution in [0.25, 0.3) is 0 Å². The van der Waals surface area contributed by atoms with E-state index in [-0.39, 0.29) is 11.9 Å². The fourth-order valence-corrected chi connectivity index (χ4v) is 2.98. The summed E-state index contributed by atoms with van der Waals surface area (Å²) in [5.41, 5.74) is 1.78. The highest BCUT2D eigenvalue weighted by atomic mass is 16.5. The molecule has 1 N–H and O–H groups in total. The zero-order chi connectivity index (χ0) is 18.9. The van der Waals surface area contributed by atoms with Gasteiger partial charge in [0.05, 0.1) is 20.3 Å². The van der Waals surface area contributed by atoms with Crippen molar-refractivity contribution < 1.29 is 14.3 Å². The molecule has 0 aliphatic rings. The lowest BCUT2D eigenvalue weighted by molar-refractivity contribution is 0.0935. The summed E-state index contributed by atoms with van der Waals surface area (Å²) in [6.07, 6.45) is 0. The van der Waals surface area contributed by atoms with Gasteiger partial charge in [-0.2, -0.15) is 0 Å². The molecule has 0 saturated heterocycles. The number of methoxy groups -OCH3 is 2. The van der Waals surface area contributed by atoms with E-state index in [1.54, 1.807) is 38.5 Å². The van der Waals surface area contributed by atoms with Gasteiger partial charge in [-0.1, -0.05) is 26.0 Å². The maximum Gasteiger partial charge on any atom is 0.251 e. The number of rotatable bonds is 9. The third kappa shape index (κ3) is 4.99. The van der Waals surface area contributed by atoms with Crippen molar-refractivity contribution >= 4 is 5.91 Å². The fraction of sp³-hybridized carbons (Fsp3) is 0.381. The number of carbonyl (C=O) groups is 1. The Morgan fingerprint density at radius 1 is 0.923 bits per heavy atom. The number of nitrogens with one attached hydrogen (secondary N) is 1. The van der Waals surface area contributed by atoms with Crippen LogP contribution in [-0.2, 0) is 0 Å². The average Bonchev–Trinajstić information content (AvgIpc) is 2.71. The predicted molar refractivity (Wildman–Crippen MR) is 104 cm³/mol. The van der Waals surface area contributed by atoms with Crippen LogP contribution in [-0.4, -0.2) is 44.7 Å².